The molecule has 176 valence electrons. The number of nitrogens with zero attached hydrogens (tertiary/aromatic N) is 3. The SMILES string of the molecule is CCC(C)=N/C(C)=C(\C)CNC(=O)c1cncc(Cc2ccc(Cn3ccccc3=O)cc2)c1. The van der Waals surface area contributed by atoms with E-state index in [9.17, 15) is 9.59 Å². The summed E-state index contributed by atoms with van der Waals surface area (Å²) < 4.78 is 1.68. The first-order chi connectivity index (χ1) is 16.4. The van der Waals surface area contributed by atoms with Crippen LogP contribution < -0.4 is 10.9 Å². The van der Waals surface area contributed by atoms with Gasteiger partial charge in [0.1, 0.15) is 0 Å². The van der Waals surface area contributed by atoms with Gasteiger partial charge in [0.25, 0.3) is 11.5 Å². The number of aliphatic imine (C=N–C) groups is 1. The van der Waals surface area contributed by atoms with Crippen molar-refractivity contribution in [3.8, 4) is 0 Å². The summed E-state index contributed by atoms with van der Waals surface area (Å²) in [6.45, 7) is 9.01. The summed E-state index contributed by atoms with van der Waals surface area (Å²) in [7, 11) is 0. The molecule has 0 aliphatic rings. The molecule has 0 fully saturated rings. The maximum absolute atomic E-state index is 12.7. The fourth-order valence-corrected chi connectivity index (χ4v) is 3.40. The number of carbonyl (C=O) groups excluding carboxylic acids is 1. The maximum atomic E-state index is 12.7. The first-order valence-electron chi connectivity index (χ1n) is 11.5. The summed E-state index contributed by atoms with van der Waals surface area (Å²) in [5.41, 5.74) is 6.69. The van der Waals surface area contributed by atoms with Crippen LogP contribution in [0.4, 0.5) is 0 Å². The van der Waals surface area contributed by atoms with Crippen LogP contribution in [-0.2, 0) is 13.0 Å². The number of pyridine rings is 2. The lowest BCUT2D eigenvalue weighted by Gasteiger charge is -2.09. The van der Waals surface area contributed by atoms with Gasteiger partial charge in [-0.2, -0.15) is 0 Å². The highest BCUT2D eigenvalue weighted by molar-refractivity contribution is 5.94. The Morgan fingerprint density at radius 3 is 2.44 bits per heavy atom. The minimum absolute atomic E-state index is 0.0163. The van der Waals surface area contributed by atoms with E-state index in [1.54, 1.807) is 35.3 Å². The molecule has 3 aromatic rings. The second-order valence-electron chi connectivity index (χ2n) is 8.49. The smallest absolute Gasteiger partial charge is 0.253 e. The summed E-state index contributed by atoms with van der Waals surface area (Å²) in [4.78, 5) is 33.4. The molecule has 34 heavy (non-hydrogen) atoms. The Labute approximate surface area is 201 Å². The zero-order valence-electron chi connectivity index (χ0n) is 20.3. The minimum atomic E-state index is -0.152. The van der Waals surface area contributed by atoms with Gasteiger partial charge in [-0.3, -0.25) is 19.6 Å². The summed E-state index contributed by atoms with van der Waals surface area (Å²) in [6.07, 6.45) is 6.74. The Morgan fingerprint density at radius 2 is 1.74 bits per heavy atom. The first-order valence-corrected chi connectivity index (χ1v) is 11.5. The van der Waals surface area contributed by atoms with Crippen LogP contribution in [0.3, 0.4) is 0 Å². The molecule has 0 atom stereocenters. The molecular weight excluding hydrogens is 424 g/mol. The standard InChI is InChI=1S/C28H32N4O2/c1-5-21(3)31-22(4)20(2)16-30-28(34)26-15-25(17-29-18-26)14-23-9-11-24(12-10-23)19-32-13-7-6-8-27(32)33/h6-13,15,17-18H,5,14,16,19H2,1-4H3,(H,30,34)/b22-20+,31-21?. The number of nitrogens with one attached hydrogen (secondary N) is 1. The lowest BCUT2D eigenvalue weighted by molar-refractivity contribution is 0.0956. The highest BCUT2D eigenvalue weighted by atomic mass is 16.1. The number of carbonyl (C=O) groups is 1. The largest absolute Gasteiger partial charge is 0.348 e. The van der Waals surface area contributed by atoms with Crippen molar-refractivity contribution in [1.29, 1.82) is 0 Å². The van der Waals surface area contributed by atoms with E-state index in [-0.39, 0.29) is 11.5 Å². The number of benzene rings is 1. The van der Waals surface area contributed by atoms with Crippen molar-refractivity contribution in [3.05, 3.63) is 111 Å². The van der Waals surface area contributed by atoms with Crippen molar-refractivity contribution in [1.82, 2.24) is 14.9 Å². The second kappa shape index (κ2) is 11.9. The maximum Gasteiger partial charge on any atom is 0.253 e. The lowest BCUT2D eigenvalue weighted by atomic mass is 10.0. The van der Waals surface area contributed by atoms with E-state index in [4.69, 9.17) is 0 Å². The fourth-order valence-electron chi connectivity index (χ4n) is 3.40. The Kier molecular flexibility index (Phi) is 8.68. The summed E-state index contributed by atoms with van der Waals surface area (Å²) in [5, 5.41) is 2.96. The van der Waals surface area contributed by atoms with Crippen LogP contribution in [0, 0.1) is 0 Å². The molecule has 1 amide bonds. The minimum Gasteiger partial charge on any atom is -0.348 e. The number of aromatic nitrogens is 2. The molecule has 6 nitrogen and oxygen atoms in total. The normalized spacial score (nSPS) is 12.3. The molecule has 0 bridgehead atoms. The highest BCUT2D eigenvalue weighted by Gasteiger charge is 2.08. The van der Waals surface area contributed by atoms with Gasteiger partial charge in [0.2, 0.25) is 0 Å². The molecule has 1 aromatic carbocycles. The van der Waals surface area contributed by atoms with Crippen molar-refractivity contribution >= 4 is 11.6 Å². The average molecular weight is 457 g/mol. The van der Waals surface area contributed by atoms with Gasteiger partial charge in [0.15, 0.2) is 0 Å². The quantitative estimate of drug-likeness (QED) is 0.471. The van der Waals surface area contributed by atoms with E-state index >= 15 is 0 Å². The monoisotopic (exact) mass is 456 g/mol. The molecule has 0 spiro atoms. The molecule has 0 saturated carbocycles. The molecule has 3 rings (SSSR count). The van der Waals surface area contributed by atoms with E-state index < -0.39 is 0 Å². The zero-order chi connectivity index (χ0) is 24.5. The highest BCUT2D eigenvalue weighted by Crippen LogP contribution is 2.13. The van der Waals surface area contributed by atoms with Gasteiger partial charge in [0, 0.05) is 42.6 Å². The number of rotatable bonds is 9. The first kappa shape index (κ1) is 24.8. The number of hydrogen-bond acceptors (Lipinski definition) is 4. The predicted octanol–water partition coefficient (Wildman–Crippen LogP) is 4.78. The van der Waals surface area contributed by atoms with Crippen LogP contribution >= 0.6 is 0 Å². The van der Waals surface area contributed by atoms with E-state index in [2.05, 4.69) is 22.2 Å². The Morgan fingerprint density at radius 1 is 1.00 bits per heavy atom. The Hall–Kier alpha value is -3.80. The van der Waals surface area contributed by atoms with Crippen LogP contribution in [0.5, 0.6) is 0 Å². The topological polar surface area (TPSA) is 76.3 Å². The van der Waals surface area contributed by atoms with Crippen molar-refractivity contribution in [2.45, 2.75) is 47.1 Å². The molecule has 6 heteroatoms. The summed E-state index contributed by atoms with van der Waals surface area (Å²) in [6, 6.07) is 15.2. The van der Waals surface area contributed by atoms with E-state index in [1.165, 1.54) is 0 Å². The van der Waals surface area contributed by atoms with Crippen molar-refractivity contribution in [2.75, 3.05) is 6.54 Å². The third-order valence-corrected chi connectivity index (χ3v) is 5.74. The van der Waals surface area contributed by atoms with Crippen molar-refractivity contribution in [3.63, 3.8) is 0 Å². The van der Waals surface area contributed by atoms with Crippen molar-refractivity contribution in [2.24, 2.45) is 4.99 Å². The molecule has 0 aliphatic carbocycles. The predicted molar refractivity (Wildman–Crippen MR) is 137 cm³/mol. The van der Waals surface area contributed by atoms with Crippen molar-refractivity contribution < 1.29 is 4.79 Å². The molecule has 0 unspecified atom stereocenters. The molecular formula is C28H32N4O2. The van der Waals surface area contributed by atoms with Crippen LogP contribution in [0.25, 0.3) is 0 Å². The zero-order valence-corrected chi connectivity index (χ0v) is 20.3. The number of amides is 1. The van der Waals surface area contributed by atoms with Gasteiger partial charge < -0.3 is 9.88 Å². The summed E-state index contributed by atoms with van der Waals surface area (Å²) in [5.74, 6) is -0.152. The summed E-state index contributed by atoms with van der Waals surface area (Å²) >= 11 is 0. The van der Waals surface area contributed by atoms with Crippen LogP contribution in [0.1, 0.15) is 61.2 Å². The Balaban J connectivity index is 1.62. The van der Waals surface area contributed by atoms with Crippen LogP contribution in [0.2, 0.25) is 0 Å². The fraction of sp³-hybridized carbons (Fsp3) is 0.286. The van der Waals surface area contributed by atoms with E-state index in [0.717, 1.165) is 40.1 Å². The van der Waals surface area contributed by atoms with Gasteiger partial charge in [-0.05, 0) is 68.0 Å². The van der Waals surface area contributed by atoms with Gasteiger partial charge in [-0.1, -0.05) is 37.3 Å². The van der Waals surface area contributed by atoms with Gasteiger partial charge >= 0.3 is 0 Å². The molecule has 2 aromatic heterocycles. The van der Waals surface area contributed by atoms with Crippen LogP contribution in [0.15, 0.2) is 88.2 Å². The molecule has 1 N–H and O–H groups in total. The molecule has 0 aliphatic heterocycles. The molecule has 2 heterocycles. The van der Waals surface area contributed by atoms with Crippen LogP contribution in [-0.4, -0.2) is 27.7 Å². The van der Waals surface area contributed by atoms with Gasteiger partial charge in [-0.15, -0.1) is 0 Å². The Bertz CT molecular complexity index is 1250. The number of allylic oxidation sites excluding steroid dienone is 1. The number of hydrogen-bond donors (Lipinski definition) is 1. The van der Waals surface area contributed by atoms with Gasteiger partial charge in [-0.25, -0.2) is 0 Å². The molecule has 0 radical (unpaired) electrons. The van der Waals surface area contributed by atoms with Gasteiger partial charge in [0.05, 0.1) is 12.1 Å². The third-order valence-electron chi connectivity index (χ3n) is 5.74. The average Bonchev–Trinajstić information content (AvgIpc) is 2.85. The second-order valence-corrected chi connectivity index (χ2v) is 8.49. The lowest BCUT2D eigenvalue weighted by Crippen LogP contribution is -2.25. The van der Waals surface area contributed by atoms with E-state index in [1.807, 2.05) is 57.2 Å². The molecule has 0 saturated heterocycles. The third kappa shape index (κ3) is 7.10. The van der Waals surface area contributed by atoms with E-state index in [0.29, 0.717) is 25.1 Å².